The Labute approximate surface area is 253 Å². The van der Waals surface area contributed by atoms with E-state index in [0.29, 0.717) is 47.3 Å². The first-order chi connectivity index (χ1) is 20.8. The molecular weight excluding hydrogens is 548 g/mol. The summed E-state index contributed by atoms with van der Waals surface area (Å²) in [5, 5.41) is 11.6. The van der Waals surface area contributed by atoms with Gasteiger partial charge in [0.25, 0.3) is 11.7 Å². The summed E-state index contributed by atoms with van der Waals surface area (Å²) in [6.07, 6.45) is 0. The van der Waals surface area contributed by atoms with Crippen LogP contribution in [-0.4, -0.2) is 74.1 Å². The minimum absolute atomic E-state index is 0.00354. The van der Waals surface area contributed by atoms with Crippen LogP contribution in [0.3, 0.4) is 0 Å². The van der Waals surface area contributed by atoms with Gasteiger partial charge in [0.05, 0.1) is 32.9 Å². The molecule has 4 rings (SSSR count). The number of Topliss-reactive ketones (excluding diaryl/α,β-unsaturated/α-hetero) is 1. The third-order valence-corrected chi connectivity index (χ3v) is 7.78. The van der Waals surface area contributed by atoms with Crippen LogP contribution in [0, 0.1) is 6.92 Å². The molecule has 43 heavy (non-hydrogen) atoms. The van der Waals surface area contributed by atoms with E-state index in [2.05, 4.69) is 4.90 Å². The number of hydrogen-bond donors (Lipinski definition) is 1. The molecule has 1 fully saturated rings. The summed E-state index contributed by atoms with van der Waals surface area (Å²) in [4.78, 5) is 30.8. The Morgan fingerprint density at radius 2 is 1.53 bits per heavy atom. The van der Waals surface area contributed by atoms with Gasteiger partial charge in [0.15, 0.2) is 11.5 Å². The summed E-state index contributed by atoms with van der Waals surface area (Å²) in [5.41, 5.74) is 2.76. The van der Waals surface area contributed by atoms with Crippen molar-refractivity contribution in [2.45, 2.75) is 33.4 Å². The van der Waals surface area contributed by atoms with Crippen LogP contribution in [0.4, 0.5) is 0 Å². The van der Waals surface area contributed by atoms with Crippen molar-refractivity contribution >= 4 is 17.4 Å². The third kappa shape index (κ3) is 6.62. The number of amides is 1. The van der Waals surface area contributed by atoms with E-state index in [1.54, 1.807) is 30.3 Å². The zero-order chi connectivity index (χ0) is 31.1. The van der Waals surface area contributed by atoms with Gasteiger partial charge in [-0.15, -0.1) is 0 Å². The van der Waals surface area contributed by atoms with Crippen molar-refractivity contribution < 1.29 is 33.6 Å². The predicted molar refractivity (Wildman–Crippen MR) is 165 cm³/mol. The monoisotopic (exact) mass is 588 g/mol. The molecule has 1 N–H and O–H groups in total. The Balaban J connectivity index is 1.79. The van der Waals surface area contributed by atoms with Gasteiger partial charge in [-0.1, -0.05) is 44.2 Å². The maximum atomic E-state index is 13.6. The van der Waals surface area contributed by atoms with E-state index >= 15 is 0 Å². The number of rotatable bonds is 13. The lowest BCUT2D eigenvalue weighted by Gasteiger charge is -2.29. The number of carbonyl (C=O) groups is 2. The van der Waals surface area contributed by atoms with Gasteiger partial charge >= 0.3 is 0 Å². The number of aryl methyl sites for hydroxylation is 1. The first-order valence-electron chi connectivity index (χ1n) is 14.4. The second kappa shape index (κ2) is 14.1. The molecule has 0 saturated carbocycles. The Morgan fingerprint density at radius 3 is 2.09 bits per heavy atom. The number of nitrogens with zero attached hydrogens (tertiary/aromatic N) is 2. The summed E-state index contributed by atoms with van der Waals surface area (Å²) in [5.74, 6) is 0.102. The maximum absolute atomic E-state index is 13.6. The summed E-state index contributed by atoms with van der Waals surface area (Å²) in [6, 6.07) is 17.6. The van der Waals surface area contributed by atoms with Gasteiger partial charge < -0.3 is 33.9 Å². The zero-order valence-corrected chi connectivity index (χ0v) is 25.7. The van der Waals surface area contributed by atoms with Crippen LogP contribution in [0.25, 0.3) is 5.76 Å². The fourth-order valence-electron chi connectivity index (χ4n) is 5.35. The minimum Gasteiger partial charge on any atom is -0.507 e. The summed E-state index contributed by atoms with van der Waals surface area (Å²) < 4.78 is 22.6. The standard InChI is InChI=1S/C34H40N2O7/c1-7-35(8-2)16-17-36-30(25-19-27(40-4)33(42-6)28(20-25)41-5)29(32(38)34(36)39)31(37)24-14-15-26(22(3)18-24)43-21-23-12-10-9-11-13-23/h9-15,18-20,30,37H,7-8,16-17,21H2,1-6H3/b31-29+/t30-/m1/s1. The highest BCUT2D eigenvalue weighted by Gasteiger charge is 2.46. The molecule has 9 heteroatoms. The van der Waals surface area contributed by atoms with E-state index in [0.717, 1.165) is 24.2 Å². The highest BCUT2D eigenvalue weighted by atomic mass is 16.5. The molecule has 3 aromatic carbocycles. The fraction of sp³-hybridized carbons (Fsp3) is 0.353. The van der Waals surface area contributed by atoms with Crippen LogP contribution in [0.5, 0.6) is 23.0 Å². The molecule has 9 nitrogen and oxygen atoms in total. The highest BCUT2D eigenvalue weighted by molar-refractivity contribution is 6.46. The Bertz CT molecular complexity index is 1460. The van der Waals surface area contributed by atoms with Crippen molar-refractivity contribution in [2.24, 2.45) is 0 Å². The number of aliphatic hydroxyl groups excluding tert-OH is 1. The van der Waals surface area contributed by atoms with Crippen molar-refractivity contribution in [3.8, 4) is 23.0 Å². The molecular formula is C34H40N2O7. The molecule has 1 aliphatic rings. The lowest BCUT2D eigenvalue weighted by Crippen LogP contribution is -2.38. The normalized spacial score (nSPS) is 16.1. The molecule has 0 spiro atoms. The van der Waals surface area contributed by atoms with Crippen molar-refractivity contribution in [3.63, 3.8) is 0 Å². The van der Waals surface area contributed by atoms with E-state index in [1.807, 2.05) is 51.1 Å². The Morgan fingerprint density at radius 1 is 0.884 bits per heavy atom. The molecule has 1 amide bonds. The molecule has 0 aromatic heterocycles. The maximum Gasteiger partial charge on any atom is 0.295 e. The SMILES string of the molecule is CCN(CC)CCN1C(=O)C(=O)/C(=C(/O)c2ccc(OCc3ccccc3)c(C)c2)[C@H]1c1cc(OC)c(OC)c(OC)c1. The van der Waals surface area contributed by atoms with Gasteiger partial charge in [-0.25, -0.2) is 0 Å². The lowest BCUT2D eigenvalue weighted by atomic mass is 9.94. The largest absolute Gasteiger partial charge is 0.507 e. The van der Waals surface area contributed by atoms with E-state index in [-0.39, 0.29) is 17.9 Å². The predicted octanol–water partition coefficient (Wildman–Crippen LogP) is 5.36. The molecule has 0 radical (unpaired) electrons. The first-order valence-corrected chi connectivity index (χ1v) is 14.4. The van der Waals surface area contributed by atoms with E-state index < -0.39 is 17.7 Å². The molecule has 228 valence electrons. The Kier molecular flexibility index (Phi) is 10.3. The molecule has 3 aromatic rings. The van der Waals surface area contributed by atoms with Crippen LogP contribution in [0.1, 0.15) is 42.1 Å². The van der Waals surface area contributed by atoms with Gasteiger partial charge in [-0.3, -0.25) is 9.59 Å². The number of likely N-dealkylation sites (N-methyl/N-ethyl adjacent to an activating group) is 1. The van der Waals surface area contributed by atoms with Gasteiger partial charge in [-0.2, -0.15) is 0 Å². The van der Waals surface area contributed by atoms with Crippen molar-refractivity contribution in [2.75, 3.05) is 47.5 Å². The summed E-state index contributed by atoms with van der Waals surface area (Å²) in [7, 11) is 4.51. The van der Waals surface area contributed by atoms with Crippen LogP contribution < -0.4 is 18.9 Å². The van der Waals surface area contributed by atoms with Crippen molar-refractivity contribution in [1.29, 1.82) is 0 Å². The molecule has 1 aliphatic heterocycles. The second-order valence-corrected chi connectivity index (χ2v) is 10.2. The van der Waals surface area contributed by atoms with Crippen molar-refractivity contribution in [3.05, 3.63) is 88.5 Å². The molecule has 0 bridgehead atoms. The van der Waals surface area contributed by atoms with E-state index in [4.69, 9.17) is 18.9 Å². The number of likely N-dealkylation sites (tertiary alicyclic amines) is 1. The lowest BCUT2D eigenvalue weighted by molar-refractivity contribution is -0.140. The number of carbonyl (C=O) groups excluding carboxylic acids is 2. The van der Waals surface area contributed by atoms with Gasteiger partial charge in [0.2, 0.25) is 5.75 Å². The van der Waals surface area contributed by atoms with Crippen molar-refractivity contribution in [1.82, 2.24) is 9.80 Å². The molecule has 1 saturated heterocycles. The second-order valence-electron chi connectivity index (χ2n) is 10.2. The summed E-state index contributed by atoms with van der Waals surface area (Å²) >= 11 is 0. The number of hydrogen-bond acceptors (Lipinski definition) is 8. The van der Waals surface area contributed by atoms with Gasteiger partial charge in [0.1, 0.15) is 18.1 Å². The zero-order valence-electron chi connectivity index (χ0n) is 25.7. The molecule has 0 aliphatic carbocycles. The van der Waals surface area contributed by atoms with Crippen LogP contribution in [0.15, 0.2) is 66.2 Å². The quantitative estimate of drug-likeness (QED) is 0.162. The number of benzene rings is 3. The van der Waals surface area contributed by atoms with Gasteiger partial charge in [0, 0.05) is 18.7 Å². The first kappa shape index (κ1) is 31.4. The van der Waals surface area contributed by atoms with Crippen LogP contribution >= 0.6 is 0 Å². The summed E-state index contributed by atoms with van der Waals surface area (Å²) in [6.45, 7) is 8.81. The molecule has 1 atom stereocenters. The average Bonchev–Trinajstić information content (AvgIpc) is 3.29. The number of aliphatic hydroxyl groups is 1. The number of ketones is 1. The van der Waals surface area contributed by atoms with Gasteiger partial charge in [-0.05, 0) is 67.0 Å². The number of ether oxygens (including phenoxy) is 4. The van der Waals surface area contributed by atoms with Crippen LogP contribution in [0.2, 0.25) is 0 Å². The number of methoxy groups -OCH3 is 3. The smallest absolute Gasteiger partial charge is 0.295 e. The minimum atomic E-state index is -0.876. The van der Waals surface area contributed by atoms with Crippen LogP contribution in [-0.2, 0) is 16.2 Å². The van der Waals surface area contributed by atoms with E-state index in [9.17, 15) is 14.7 Å². The molecule has 0 unspecified atom stereocenters. The topological polar surface area (TPSA) is 97.8 Å². The molecule has 1 heterocycles. The average molecular weight is 589 g/mol. The highest BCUT2D eigenvalue weighted by Crippen LogP contribution is 2.45. The Hall–Kier alpha value is -4.50. The van der Waals surface area contributed by atoms with E-state index in [1.165, 1.54) is 26.2 Å². The fourth-order valence-corrected chi connectivity index (χ4v) is 5.35. The third-order valence-electron chi connectivity index (χ3n) is 7.78.